The minimum Gasteiger partial charge on any atom is -0.466 e. The molecule has 2 aromatic carbocycles. The Labute approximate surface area is 175 Å². The number of nitro groups is 1. The zero-order valence-corrected chi connectivity index (χ0v) is 17.0. The summed E-state index contributed by atoms with van der Waals surface area (Å²) in [7, 11) is 0. The van der Waals surface area contributed by atoms with E-state index < -0.39 is 0 Å². The van der Waals surface area contributed by atoms with E-state index in [9.17, 15) is 14.9 Å². The Bertz CT molecular complexity index is 1060. The fraction of sp³-hybridized carbons (Fsp3) is 0.348. The Balaban J connectivity index is 1.65. The highest BCUT2D eigenvalue weighted by molar-refractivity contribution is 5.83. The fourth-order valence-electron chi connectivity index (χ4n) is 4.24. The number of benzene rings is 2. The van der Waals surface area contributed by atoms with Crippen molar-refractivity contribution in [1.29, 1.82) is 0 Å². The molecule has 1 fully saturated rings. The molecule has 1 aromatic heterocycles. The van der Waals surface area contributed by atoms with Crippen molar-refractivity contribution in [2.75, 3.05) is 19.7 Å². The van der Waals surface area contributed by atoms with Crippen LogP contribution in [0.4, 0.5) is 5.69 Å². The highest BCUT2D eigenvalue weighted by Crippen LogP contribution is 2.28. The lowest BCUT2D eigenvalue weighted by atomic mass is 9.98. The van der Waals surface area contributed by atoms with Crippen LogP contribution < -0.4 is 0 Å². The zero-order chi connectivity index (χ0) is 21.1. The van der Waals surface area contributed by atoms with Crippen LogP contribution in [-0.2, 0) is 16.1 Å². The van der Waals surface area contributed by atoms with Crippen LogP contribution in [0, 0.1) is 16.0 Å². The number of esters is 1. The molecular formula is C23H25N3O4. The third-order valence-electron chi connectivity index (χ3n) is 5.62. The van der Waals surface area contributed by atoms with Gasteiger partial charge in [0.25, 0.3) is 5.69 Å². The molecule has 0 amide bonds. The summed E-state index contributed by atoms with van der Waals surface area (Å²) in [6, 6.07) is 16.9. The first-order valence-corrected chi connectivity index (χ1v) is 10.3. The van der Waals surface area contributed by atoms with Crippen molar-refractivity contribution in [2.45, 2.75) is 26.3 Å². The summed E-state index contributed by atoms with van der Waals surface area (Å²) in [5.41, 5.74) is 3.11. The standard InChI is InChI=1S/C23H25N3O4/c1-2-30-23(27)18-7-5-13-24(15-18)16-21-14-17-6-3-4-8-22(17)25(21)19-9-11-20(12-10-19)26(28)29/h3-4,6,8-12,14,18H,2,5,7,13,15-16H2,1H3. The third kappa shape index (κ3) is 4.07. The number of non-ortho nitro benzene ring substituents is 1. The van der Waals surface area contributed by atoms with E-state index in [0.717, 1.165) is 41.7 Å². The average Bonchev–Trinajstić information content (AvgIpc) is 3.12. The van der Waals surface area contributed by atoms with Crippen molar-refractivity contribution < 1.29 is 14.5 Å². The van der Waals surface area contributed by atoms with Crippen LogP contribution in [0.1, 0.15) is 25.5 Å². The fourth-order valence-corrected chi connectivity index (χ4v) is 4.24. The van der Waals surface area contributed by atoms with Crippen molar-refractivity contribution in [1.82, 2.24) is 9.47 Å². The molecule has 0 N–H and O–H groups in total. The molecule has 1 aliphatic heterocycles. The number of fused-ring (bicyclic) bond motifs is 1. The van der Waals surface area contributed by atoms with Crippen LogP contribution in [0.15, 0.2) is 54.6 Å². The SMILES string of the molecule is CCOC(=O)C1CCCN(Cc2cc3ccccc3n2-c2ccc([N+](=O)[O-])cc2)C1. The van der Waals surface area contributed by atoms with Gasteiger partial charge in [0.05, 0.1) is 23.0 Å². The molecule has 0 bridgehead atoms. The molecule has 0 saturated carbocycles. The van der Waals surface area contributed by atoms with Gasteiger partial charge in [-0.1, -0.05) is 18.2 Å². The van der Waals surface area contributed by atoms with Gasteiger partial charge in [0, 0.05) is 42.0 Å². The molecule has 3 aromatic rings. The van der Waals surface area contributed by atoms with Gasteiger partial charge in [-0.15, -0.1) is 0 Å². The van der Waals surface area contributed by atoms with Gasteiger partial charge in [0.1, 0.15) is 0 Å². The second-order valence-corrected chi connectivity index (χ2v) is 7.63. The summed E-state index contributed by atoms with van der Waals surface area (Å²) in [4.78, 5) is 25.1. The van der Waals surface area contributed by atoms with Crippen LogP contribution in [0.25, 0.3) is 16.6 Å². The van der Waals surface area contributed by atoms with E-state index in [0.29, 0.717) is 19.7 Å². The van der Waals surface area contributed by atoms with Gasteiger partial charge in [-0.2, -0.15) is 0 Å². The number of para-hydroxylation sites is 1. The predicted molar refractivity (Wildman–Crippen MR) is 115 cm³/mol. The molecule has 0 radical (unpaired) electrons. The lowest BCUT2D eigenvalue weighted by molar-refractivity contribution is -0.384. The number of hydrogen-bond donors (Lipinski definition) is 0. The molecule has 0 spiro atoms. The zero-order valence-electron chi connectivity index (χ0n) is 17.0. The number of carbonyl (C=O) groups is 1. The molecule has 156 valence electrons. The first kappa shape index (κ1) is 20.1. The first-order valence-electron chi connectivity index (χ1n) is 10.3. The number of piperidine rings is 1. The number of likely N-dealkylation sites (tertiary alicyclic amines) is 1. The Morgan fingerprint density at radius 2 is 1.97 bits per heavy atom. The lowest BCUT2D eigenvalue weighted by Gasteiger charge is -2.31. The third-order valence-corrected chi connectivity index (χ3v) is 5.62. The highest BCUT2D eigenvalue weighted by atomic mass is 16.6. The van der Waals surface area contributed by atoms with Crippen LogP contribution in [0.5, 0.6) is 0 Å². The molecule has 30 heavy (non-hydrogen) atoms. The summed E-state index contributed by atoms with van der Waals surface area (Å²) in [5, 5.41) is 12.1. The maximum Gasteiger partial charge on any atom is 0.310 e. The molecule has 7 nitrogen and oxygen atoms in total. The van der Waals surface area contributed by atoms with E-state index in [-0.39, 0.29) is 22.5 Å². The monoisotopic (exact) mass is 407 g/mol. The Kier molecular flexibility index (Phi) is 5.81. The molecule has 4 rings (SSSR count). The van der Waals surface area contributed by atoms with Gasteiger partial charge in [-0.25, -0.2) is 0 Å². The van der Waals surface area contributed by atoms with Gasteiger partial charge in [0.15, 0.2) is 0 Å². The van der Waals surface area contributed by atoms with E-state index in [1.165, 1.54) is 12.1 Å². The van der Waals surface area contributed by atoms with Crippen molar-refractivity contribution in [3.8, 4) is 5.69 Å². The molecule has 2 heterocycles. The normalized spacial score (nSPS) is 17.2. The smallest absolute Gasteiger partial charge is 0.310 e. The quantitative estimate of drug-likeness (QED) is 0.346. The van der Waals surface area contributed by atoms with E-state index >= 15 is 0 Å². The molecule has 1 unspecified atom stereocenters. The number of nitro benzene ring substituents is 1. The van der Waals surface area contributed by atoms with Crippen molar-refractivity contribution in [2.24, 2.45) is 5.92 Å². The second-order valence-electron chi connectivity index (χ2n) is 7.63. The summed E-state index contributed by atoms with van der Waals surface area (Å²) in [6.07, 6.45) is 1.82. The largest absolute Gasteiger partial charge is 0.466 e. The Morgan fingerprint density at radius 3 is 2.70 bits per heavy atom. The number of hydrogen-bond acceptors (Lipinski definition) is 5. The van der Waals surface area contributed by atoms with Crippen molar-refractivity contribution >= 4 is 22.6 Å². The van der Waals surface area contributed by atoms with Gasteiger partial charge in [-0.05, 0) is 50.6 Å². The minimum atomic E-state index is -0.387. The van der Waals surface area contributed by atoms with Gasteiger partial charge in [0.2, 0.25) is 0 Å². The maximum atomic E-state index is 12.2. The Hall–Kier alpha value is -3.19. The van der Waals surface area contributed by atoms with E-state index in [1.807, 2.05) is 19.1 Å². The van der Waals surface area contributed by atoms with Crippen LogP contribution in [0.2, 0.25) is 0 Å². The molecular weight excluding hydrogens is 382 g/mol. The number of aromatic nitrogens is 1. The van der Waals surface area contributed by atoms with Crippen LogP contribution >= 0.6 is 0 Å². The Morgan fingerprint density at radius 1 is 1.20 bits per heavy atom. The number of nitrogens with zero attached hydrogens (tertiary/aromatic N) is 3. The van der Waals surface area contributed by atoms with Crippen LogP contribution in [0.3, 0.4) is 0 Å². The second kappa shape index (κ2) is 8.67. The number of ether oxygens (including phenoxy) is 1. The van der Waals surface area contributed by atoms with Crippen molar-refractivity contribution in [3.63, 3.8) is 0 Å². The molecule has 1 saturated heterocycles. The van der Waals surface area contributed by atoms with Crippen LogP contribution in [-0.4, -0.2) is 40.1 Å². The van der Waals surface area contributed by atoms with Gasteiger partial charge in [-0.3, -0.25) is 19.8 Å². The molecule has 0 aliphatic carbocycles. The predicted octanol–water partition coefficient (Wildman–Crippen LogP) is 4.31. The minimum absolute atomic E-state index is 0.0741. The molecule has 1 atom stereocenters. The highest BCUT2D eigenvalue weighted by Gasteiger charge is 2.27. The van der Waals surface area contributed by atoms with E-state index in [4.69, 9.17) is 4.74 Å². The maximum absolute atomic E-state index is 12.2. The van der Waals surface area contributed by atoms with Gasteiger partial charge >= 0.3 is 5.97 Å². The average molecular weight is 407 g/mol. The summed E-state index contributed by atoms with van der Waals surface area (Å²) in [6.45, 7) is 4.55. The van der Waals surface area contributed by atoms with E-state index in [2.05, 4.69) is 27.7 Å². The lowest BCUT2D eigenvalue weighted by Crippen LogP contribution is -2.39. The molecule has 7 heteroatoms. The summed E-state index contributed by atoms with van der Waals surface area (Å²) in [5.74, 6) is -0.200. The van der Waals surface area contributed by atoms with Gasteiger partial charge < -0.3 is 9.30 Å². The molecule has 1 aliphatic rings. The first-order chi connectivity index (χ1) is 14.6. The number of carbonyl (C=O) groups excluding carboxylic acids is 1. The summed E-state index contributed by atoms with van der Waals surface area (Å²) < 4.78 is 7.37. The number of rotatable bonds is 6. The van der Waals surface area contributed by atoms with E-state index in [1.54, 1.807) is 12.1 Å². The topological polar surface area (TPSA) is 77.6 Å². The van der Waals surface area contributed by atoms with Crippen molar-refractivity contribution in [3.05, 3.63) is 70.4 Å². The summed E-state index contributed by atoms with van der Waals surface area (Å²) >= 11 is 0.